The van der Waals surface area contributed by atoms with Crippen LogP contribution in [0.2, 0.25) is 0 Å². The number of benzene rings is 1. The van der Waals surface area contributed by atoms with Crippen LogP contribution in [0.5, 0.6) is 0 Å². The normalized spacial score (nSPS) is 14.3. The van der Waals surface area contributed by atoms with E-state index >= 15 is 0 Å². The lowest BCUT2D eigenvalue weighted by atomic mass is 9.96. The Morgan fingerprint density at radius 3 is 2.73 bits per heavy atom. The van der Waals surface area contributed by atoms with Crippen LogP contribution in [-0.2, 0) is 5.41 Å². The quantitative estimate of drug-likeness (QED) is 0.801. The molecular weight excluding hydrogens is 352 g/mol. The number of carbonyl (C=O) groups excluding carboxylic acids is 1. The average Bonchev–Trinajstić information content (AvgIpc) is 3.11. The largest absolute Gasteiger partial charge is 0.348 e. The Morgan fingerprint density at radius 1 is 1.31 bits per heavy atom. The molecule has 0 radical (unpaired) electrons. The van der Waals surface area contributed by atoms with Crippen LogP contribution in [0.1, 0.15) is 43.4 Å². The number of halogens is 1. The third-order valence-corrected chi connectivity index (χ3v) is 4.13. The maximum atomic E-state index is 12.6. The van der Waals surface area contributed by atoms with Gasteiger partial charge in [-0.15, -0.1) is 12.4 Å². The van der Waals surface area contributed by atoms with E-state index in [0.29, 0.717) is 29.4 Å². The van der Waals surface area contributed by atoms with E-state index in [2.05, 4.69) is 26.9 Å². The molecule has 3 rings (SSSR count). The van der Waals surface area contributed by atoms with Gasteiger partial charge >= 0.3 is 0 Å². The van der Waals surface area contributed by atoms with Gasteiger partial charge < -0.3 is 15.2 Å². The van der Waals surface area contributed by atoms with Gasteiger partial charge in [-0.05, 0) is 25.1 Å². The van der Waals surface area contributed by atoms with Gasteiger partial charge in [-0.3, -0.25) is 4.79 Å². The van der Waals surface area contributed by atoms with E-state index in [1.165, 1.54) is 5.57 Å². The minimum Gasteiger partial charge on any atom is -0.348 e. The predicted octanol–water partition coefficient (Wildman–Crippen LogP) is 3.11. The SMILES string of the molecule is CC(C)(C)c1noc(-c2ccccc2C(=O)NCC2=CCNCC2)n1.Cl. The van der Waals surface area contributed by atoms with E-state index in [1.54, 1.807) is 6.07 Å². The van der Waals surface area contributed by atoms with E-state index in [4.69, 9.17) is 4.52 Å². The molecule has 6 nitrogen and oxygen atoms in total. The van der Waals surface area contributed by atoms with Crippen LogP contribution in [0.15, 0.2) is 40.4 Å². The molecule has 0 spiro atoms. The monoisotopic (exact) mass is 376 g/mol. The van der Waals surface area contributed by atoms with Gasteiger partial charge in [-0.25, -0.2) is 0 Å². The minimum atomic E-state index is -0.208. The zero-order valence-corrected chi connectivity index (χ0v) is 16.2. The summed E-state index contributed by atoms with van der Waals surface area (Å²) in [5, 5.41) is 10.3. The number of hydrogen-bond donors (Lipinski definition) is 2. The Hall–Kier alpha value is -2.18. The van der Waals surface area contributed by atoms with Crippen LogP contribution in [0.3, 0.4) is 0 Å². The highest BCUT2D eigenvalue weighted by Crippen LogP contribution is 2.26. The summed E-state index contributed by atoms with van der Waals surface area (Å²) in [4.78, 5) is 17.1. The lowest BCUT2D eigenvalue weighted by molar-refractivity contribution is 0.0957. The standard InChI is InChI=1S/C19H24N4O2.ClH/c1-19(2,3)18-22-17(25-23-18)15-7-5-4-6-14(15)16(24)21-12-13-8-10-20-11-9-13;/h4-8,20H,9-12H2,1-3H3,(H,21,24);1H. The molecule has 26 heavy (non-hydrogen) atoms. The minimum absolute atomic E-state index is 0. The van der Waals surface area contributed by atoms with Crippen molar-refractivity contribution in [2.45, 2.75) is 32.6 Å². The van der Waals surface area contributed by atoms with Crippen molar-refractivity contribution in [1.82, 2.24) is 20.8 Å². The molecule has 0 aliphatic carbocycles. The fraction of sp³-hybridized carbons (Fsp3) is 0.421. The van der Waals surface area contributed by atoms with Crippen molar-refractivity contribution in [3.05, 3.63) is 47.3 Å². The van der Waals surface area contributed by atoms with Gasteiger partial charge in [0.05, 0.1) is 11.1 Å². The van der Waals surface area contributed by atoms with Crippen LogP contribution < -0.4 is 10.6 Å². The molecule has 1 aliphatic rings. The Labute approximate surface area is 159 Å². The van der Waals surface area contributed by atoms with Crippen molar-refractivity contribution < 1.29 is 9.32 Å². The van der Waals surface area contributed by atoms with Gasteiger partial charge in [0.1, 0.15) is 0 Å². The number of carbonyl (C=O) groups is 1. The van der Waals surface area contributed by atoms with Crippen molar-refractivity contribution in [2.75, 3.05) is 19.6 Å². The van der Waals surface area contributed by atoms with Crippen LogP contribution in [0.4, 0.5) is 0 Å². The molecule has 0 saturated heterocycles. The number of rotatable bonds is 4. The molecule has 1 aliphatic heterocycles. The molecule has 140 valence electrons. The molecule has 1 aromatic carbocycles. The lowest BCUT2D eigenvalue weighted by Crippen LogP contribution is -2.29. The Kier molecular flexibility index (Phi) is 6.56. The zero-order chi connectivity index (χ0) is 17.9. The maximum absolute atomic E-state index is 12.6. The van der Waals surface area contributed by atoms with Gasteiger partial charge in [0.25, 0.3) is 11.8 Å². The highest BCUT2D eigenvalue weighted by molar-refractivity contribution is 6.00. The number of amides is 1. The van der Waals surface area contributed by atoms with Crippen LogP contribution in [-0.4, -0.2) is 35.7 Å². The van der Waals surface area contributed by atoms with Gasteiger partial charge in [0, 0.05) is 18.5 Å². The summed E-state index contributed by atoms with van der Waals surface area (Å²) < 4.78 is 5.40. The molecule has 2 aromatic rings. The smallest absolute Gasteiger partial charge is 0.258 e. The highest BCUT2D eigenvalue weighted by atomic mass is 35.5. The Bertz CT molecular complexity index is 793. The van der Waals surface area contributed by atoms with Crippen molar-refractivity contribution in [3.63, 3.8) is 0 Å². The van der Waals surface area contributed by atoms with E-state index in [-0.39, 0.29) is 23.7 Å². The first-order valence-corrected chi connectivity index (χ1v) is 8.55. The van der Waals surface area contributed by atoms with Crippen molar-refractivity contribution in [2.24, 2.45) is 0 Å². The molecule has 1 aromatic heterocycles. The summed E-state index contributed by atoms with van der Waals surface area (Å²) in [6.07, 6.45) is 3.09. The summed E-state index contributed by atoms with van der Waals surface area (Å²) in [7, 11) is 0. The van der Waals surface area contributed by atoms with Crippen molar-refractivity contribution in [1.29, 1.82) is 0 Å². The van der Waals surface area contributed by atoms with Gasteiger partial charge in [0.15, 0.2) is 5.82 Å². The molecule has 0 saturated carbocycles. The summed E-state index contributed by atoms with van der Waals surface area (Å²) in [6, 6.07) is 7.31. The fourth-order valence-corrected chi connectivity index (χ4v) is 2.62. The van der Waals surface area contributed by atoms with E-state index in [1.807, 2.05) is 39.0 Å². The second-order valence-electron chi connectivity index (χ2n) is 7.22. The first-order chi connectivity index (χ1) is 11.9. The number of nitrogens with zero attached hydrogens (tertiary/aromatic N) is 2. The van der Waals surface area contributed by atoms with Crippen LogP contribution >= 0.6 is 12.4 Å². The summed E-state index contributed by atoms with van der Waals surface area (Å²) in [6.45, 7) is 8.44. The van der Waals surface area contributed by atoms with E-state index in [9.17, 15) is 4.79 Å². The molecule has 1 amide bonds. The molecular formula is C19H25ClN4O2. The molecule has 2 heterocycles. The zero-order valence-electron chi connectivity index (χ0n) is 15.3. The lowest BCUT2D eigenvalue weighted by Gasteiger charge is -2.15. The number of nitrogens with one attached hydrogen (secondary N) is 2. The van der Waals surface area contributed by atoms with Gasteiger partial charge in [-0.2, -0.15) is 4.98 Å². The molecule has 0 atom stereocenters. The third-order valence-electron chi connectivity index (χ3n) is 4.13. The van der Waals surface area contributed by atoms with Crippen LogP contribution in [0.25, 0.3) is 11.5 Å². The molecule has 0 bridgehead atoms. The summed E-state index contributed by atoms with van der Waals surface area (Å²) in [5.74, 6) is 0.861. The summed E-state index contributed by atoms with van der Waals surface area (Å²) in [5.41, 5.74) is 2.24. The Morgan fingerprint density at radius 2 is 2.08 bits per heavy atom. The van der Waals surface area contributed by atoms with E-state index < -0.39 is 0 Å². The third kappa shape index (κ3) is 4.71. The van der Waals surface area contributed by atoms with Crippen molar-refractivity contribution >= 4 is 18.3 Å². The maximum Gasteiger partial charge on any atom is 0.258 e. The average molecular weight is 377 g/mol. The molecule has 0 fully saturated rings. The van der Waals surface area contributed by atoms with Gasteiger partial charge in [0.2, 0.25) is 0 Å². The fourth-order valence-electron chi connectivity index (χ4n) is 2.62. The topological polar surface area (TPSA) is 80.0 Å². The first-order valence-electron chi connectivity index (χ1n) is 8.55. The van der Waals surface area contributed by atoms with Crippen molar-refractivity contribution in [3.8, 4) is 11.5 Å². The number of aromatic nitrogens is 2. The molecule has 7 heteroatoms. The second-order valence-corrected chi connectivity index (χ2v) is 7.22. The highest BCUT2D eigenvalue weighted by Gasteiger charge is 2.23. The van der Waals surface area contributed by atoms with E-state index in [0.717, 1.165) is 19.5 Å². The number of hydrogen-bond acceptors (Lipinski definition) is 5. The summed E-state index contributed by atoms with van der Waals surface area (Å²) >= 11 is 0. The van der Waals surface area contributed by atoms with Crippen LogP contribution in [0, 0.1) is 0 Å². The molecule has 0 unspecified atom stereocenters. The molecule has 2 N–H and O–H groups in total. The second kappa shape index (κ2) is 8.47. The Balaban J connectivity index is 0.00000243. The first kappa shape index (κ1) is 20.1. The predicted molar refractivity (Wildman–Crippen MR) is 104 cm³/mol. The van der Waals surface area contributed by atoms with Gasteiger partial charge in [-0.1, -0.05) is 49.7 Å².